The van der Waals surface area contributed by atoms with Gasteiger partial charge in [0.05, 0.1) is 16.7 Å². The second kappa shape index (κ2) is 10.5. The van der Waals surface area contributed by atoms with E-state index in [1.807, 2.05) is 36.4 Å². The molecule has 0 aliphatic carbocycles. The molecule has 1 fully saturated rings. The van der Waals surface area contributed by atoms with E-state index >= 15 is 0 Å². The summed E-state index contributed by atoms with van der Waals surface area (Å²) in [5, 5.41) is 21.4. The molecule has 1 aromatic heterocycles. The minimum Gasteiger partial charge on any atom is -0.487 e. The smallest absolute Gasteiger partial charge is 0.314 e. The lowest BCUT2D eigenvalue weighted by molar-refractivity contribution is -0.146. The van der Waals surface area contributed by atoms with Gasteiger partial charge in [-0.2, -0.15) is 0 Å². The summed E-state index contributed by atoms with van der Waals surface area (Å²) >= 11 is 6.04. The number of aromatic nitrogens is 1. The maximum absolute atomic E-state index is 12.4. The number of carbonyl (C=O) groups is 1. The highest BCUT2D eigenvalue weighted by atomic mass is 35.5. The van der Waals surface area contributed by atoms with Crippen molar-refractivity contribution in [2.75, 3.05) is 19.6 Å². The minimum atomic E-state index is -0.973. The van der Waals surface area contributed by atoms with E-state index in [-0.39, 0.29) is 0 Å². The topological polar surface area (TPSA) is 82.9 Å². The summed E-state index contributed by atoms with van der Waals surface area (Å²) in [5.74, 6) is -0.00204. The second-order valence-corrected chi connectivity index (χ2v) is 11.1. The Morgan fingerprint density at radius 2 is 1.87 bits per heavy atom. The van der Waals surface area contributed by atoms with Gasteiger partial charge in [-0.1, -0.05) is 41.9 Å². The first kappa shape index (κ1) is 26.4. The van der Waals surface area contributed by atoms with Gasteiger partial charge < -0.3 is 19.8 Å². The number of rotatable bonds is 6. The molecule has 38 heavy (non-hydrogen) atoms. The molecule has 0 amide bonds. The van der Waals surface area contributed by atoms with E-state index in [2.05, 4.69) is 22.0 Å². The van der Waals surface area contributed by atoms with Gasteiger partial charge in [-0.15, -0.1) is 0 Å². The zero-order valence-corrected chi connectivity index (χ0v) is 22.5. The molecule has 3 aromatic rings. The number of aliphatic hydroxyl groups is 1. The number of aliphatic carboxylic acids is 1. The van der Waals surface area contributed by atoms with Crippen LogP contribution in [-0.2, 0) is 22.4 Å². The summed E-state index contributed by atoms with van der Waals surface area (Å²) in [7, 11) is 0. The molecule has 1 saturated heterocycles. The van der Waals surface area contributed by atoms with Crippen LogP contribution in [0.2, 0.25) is 5.02 Å². The third-order valence-corrected chi connectivity index (χ3v) is 8.08. The number of piperidine rings is 1. The summed E-state index contributed by atoms with van der Waals surface area (Å²) in [6.07, 6.45) is 5.90. The van der Waals surface area contributed by atoms with Crippen LogP contribution < -0.4 is 4.74 Å². The molecule has 0 spiro atoms. The van der Waals surface area contributed by atoms with Crippen LogP contribution in [0.25, 0.3) is 5.57 Å². The fraction of sp³-hybridized carbons (Fsp3) is 0.355. The lowest BCUT2D eigenvalue weighted by Gasteiger charge is -2.39. The zero-order valence-electron chi connectivity index (χ0n) is 21.8. The van der Waals surface area contributed by atoms with Crippen molar-refractivity contribution in [3.05, 3.63) is 99.8 Å². The Hall–Kier alpha value is -3.19. The zero-order chi connectivity index (χ0) is 26.9. The molecule has 2 N–H and O–H groups in total. The number of ether oxygens (including phenoxy) is 1. The van der Waals surface area contributed by atoms with Crippen molar-refractivity contribution in [2.24, 2.45) is 0 Å². The lowest BCUT2D eigenvalue weighted by Crippen LogP contribution is -2.47. The first-order valence-electron chi connectivity index (χ1n) is 13.0. The third-order valence-electron chi connectivity index (χ3n) is 7.83. The van der Waals surface area contributed by atoms with E-state index in [1.165, 1.54) is 0 Å². The standard InChI is InChI=1S/C31H33ClN2O4/c1-30(2,37)22-9-12-28-26(19-22)24(25-5-3-15-33-27(25)20-38-28)6-4-16-34-17-13-31(14-18-34,29(35)36)21-7-10-23(32)11-8-21/h3,5-12,15,19,37H,4,13-14,16-18,20H2,1-2H3,(H,35,36). The Morgan fingerprint density at radius 1 is 1.13 bits per heavy atom. The van der Waals surface area contributed by atoms with Gasteiger partial charge in [0.15, 0.2) is 0 Å². The number of benzene rings is 2. The van der Waals surface area contributed by atoms with Crippen molar-refractivity contribution >= 4 is 23.1 Å². The minimum absolute atomic E-state index is 0.385. The first-order chi connectivity index (χ1) is 18.2. The van der Waals surface area contributed by atoms with Gasteiger partial charge in [0.25, 0.3) is 0 Å². The number of halogens is 1. The van der Waals surface area contributed by atoms with Crippen LogP contribution in [0, 0.1) is 0 Å². The van der Waals surface area contributed by atoms with Gasteiger partial charge in [0.2, 0.25) is 0 Å². The summed E-state index contributed by atoms with van der Waals surface area (Å²) in [6.45, 7) is 6.18. The average molecular weight is 533 g/mol. The van der Waals surface area contributed by atoms with E-state index < -0.39 is 17.0 Å². The van der Waals surface area contributed by atoms with Gasteiger partial charge in [0.1, 0.15) is 12.4 Å². The van der Waals surface area contributed by atoms with Crippen LogP contribution in [-0.4, -0.2) is 45.7 Å². The molecule has 0 saturated carbocycles. The van der Waals surface area contributed by atoms with Gasteiger partial charge in [-0.3, -0.25) is 9.78 Å². The van der Waals surface area contributed by atoms with E-state index in [9.17, 15) is 15.0 Å². The van der Waals surface area contributed by atoms with Gasteiger partial charge in [-0.25, -0.2) is 0 Å². The van der Waals surface area contributed by atoms with E-state index in [0.717, 1.165) is 52.2 Å². The SMILES string of the molecule is CC(C)(O)c1ccc2c(c1)C(=CCCN1CCC(C(=O)O)(c3ccc(Cl)cc3)CC1)c1cccnc1CO2. The summed E-state index contributed by atoms with van der Waals surface area (Å²) in [4.78, 5) is 19.2. The van der Waals surface area contributed by atoms with Gasteiger partial charge in [0, 0.05) is 28.9 Å². The normalized spacial score (nSPS) is 18.3. The monoisotopic (exact) mass is 532 g/mol. The molecule has 2 aliphatic heterocycles. The highest BCUT2D eigenvalue weighted by Crippen LogP contribution is 2.39. The largest absolute Gasteiger partial charge is 0.487 e. The Kier molecular flexibility index (Phi) is 7.32. The molecular formula is C31H33ClN2O4. The number of likely N-dealkylation sites (tertiary alicyclic amines) is 1. The third kappa shape index (κ3) is 5.21. The van der Waals surface area contributed by atoms with E-state index in [0.29, 0.717) is 37.6 Å². The van der Waals surface area contributed by atoms with Crippen LogP contribution in [0.15, 0.2) is 66.9 Å². The summed E-state index contributed by atoms with van der Waals surface area (Å²) in [5.41, 5.74) is 3.69. The average Bonchev–Trinajstić information content (AvgIpc) is 3.06. The highest BCUT2D eigenvalue weighted by Gasteiger charge is 2.42. The fourth-order valence-electron chi connectivity index (χ4n) is 5.50. The highest BCUT2D eigenvalue weighted by molar-refractivity contribution is 6.30. The van der Waals surface area contributed by atoms with Crippen LogP contribution in [0.3, 0.4) is 0 Å². The van der Waals surface area contributed by atoms with E-state index in [4.69, 9.17) is 16.3 Å². The van der Waals surface area contributed by atoms with Gasteiger partial charge in [-0.05, 0) is 93.2 Å². The maximum atomic E-state index is 12.4. The Morgan fingerprint density at radius 3 is 2.55 bits per heavy atom. The van der Waals surface area contributed by atoms with Crippen LogP contribution in [0.5, 0.6) is 5.75 Å². The Balaban J connectivity index is 1.36. The van der Waals surface area contributed by atoms with Crippen molar-refractivity contribution < 1.29 is 19.7 Å². The number of carboxylic acid groups (broad SMARTS) is 1. The fourth-order valence-corrected chi connectivity index (χ4v) is 5.63. The van der Waals surface area contributed by atoms with Crippen molar-refractivity contribution in [3.8, 4) is 5.75 Å². The van der Waals surface area contributed by atoms with Crippen molar-refractivity contribution in [2.45, 2.75) is 50.7 Å². The van der Waals surface area contributed by atoms with Crippen molar-refractivity contribution in [1.29, 1.82) is 0 Å². The van der Waals surface area contributed by atoms with Crippen molar-refractivity contribution in [3.63, 3.8) is 0 Å². The predicted octanol–water partition coefficient (Wildman–Crippen LogP) is 5.80. The van der Waals surface area contributed by atoms with Crippen LogP contribution in [0.4, 0.5) is 0 Å². The number of pyridine rings is 1. The van der Waals surface area contributed by atoms with Crippen LogP contribution in [0.1, 0.15) is 61.1 Å². The molecule has 0 atom stereocenters. The molecule has 2 aromatic carbocycles. The maximum Gasteiger partial charge on any atom is 0.314 e. The Labute approximate surface area is 228 Å². The molecule has 0 radical (unpaired) electrons. The molecule has 198 valence electrons. The number of hydrogen-bond acceptors (Lipinski definition) is 5. The summed E-state index contributed by atoms with van der Waals surface area (Å²) in [6, 6.07) is 17.1. The molecule has 3 heterocycles. The number of hydrogen-bond donors (Lipinski definition) is 2. The molecular weight excluding hydrogens is 500 g/mol. The second-order valence-electron chi connectivity index (χ2n) is 10.7. The molecule has 5 rings (SSSR count). The number of fused-ring (bicyclic) bond motifs is 2. The number of nitrogens with zero attached hydrogens (tertiary/aromatic N) is 2. The molecule has 6 nitrogen and oxygen atoms in total. The Bertz CT molecular complexity index is 1350. The predicted molar refractivity (Wildman–Crippen MR) is 148 cm³/mol. The van der Waals surface area contributed by atoms with Gasteiger partial charge >= 0.3 is 5.97 Å². The number of carboxylic acids is 1. The quantitative estimate of drug-likeness (QED) is 0.418. The molecule has 0 bridgehead atoms. The molecule has 2 aliphatic rings. The molecule has 0 unspecified atom stereocenters. The summed E-state index contributed by atoms with van der Waals surface area (Å²) < 4.78 is 6.10. The lowest BCUT2D eigenvalue weighted by atomic mass is 9.73. The van der Waals surface area contributed by atoms with Crippen LogP contribution >= 0.6 is 11.6 Å². The first-order valence-corrected chi connectivity index (χ1v) is 13.4. The molecule has 7 heteroatoms. The van der Waals surface area contributed by atoms with Crippen molar-refractivity contribution in [1.82, 2.24) is 9.88 Å². The van der Waals surface area contributed by atoms with E-state index in [1.54, 1.807) is 32.2 Å².